The number of nitrogens with zero attached hydrogens (tertiary/aromatic N) is 3. The maximum atomic E-state index is 11.8. The number of hydrogen-bond acceptors (Lipinski definition) is 8. The van der Waals surface area contributed by atoms with Crippen LogP contribution in [0.4, 0.5) is 0 Å². The van der Waals surface area contributed by atoms with Crippen molar-refractivity contribution in [2.24, 2.45) is 0 Å². The van der Waals surface area contributed by atoms with Crippen LogP contribution in [0.25, 0.3) is 0 Å². The van der Waals surface area contributed by atoms with Crippen molar-refractivity contribution in [1.82, 2.24) is 14.2 Å². The van der Waals surface area contributed by atoms with Crippen LogP contribution < -0.4 is 0 Å². The molecular weight excluding hydrogens is 433 g/mol. The Bertz CT molecular complexity index is 446. The standard InChI is InChI=1S/C22H48N3O4PS/c1-12-27-22(28-13-14-31-21(26)15-23(10)11)16-29-30(24(17(2)3)18(4)5)25(19(6)7)20(8)9/h17-20,22H,12-16H2,1-11H3. The Hall–Kier alpha value is 0.210. The van der Waals surface area contributed by atoms with Crippen molar-refractivity contribution in [2.45, 2.75) is 92.8 Å². The highest BCUT2D eigenvalue weighted by atomic mass is 32.2. The van der Waals surface area contributed by atoms with Crippen molar-refractivity contribution in [3.8, 4) is 0 Å². The van der Waals surface area contributed by atoms with E-state index in [1.165, 1.54) is 11.8 Å². The lowest BCUT2D eigenvalue weighted by molar-refractivity contribution is -0.152. The van der Waals surface area contributed by atoms with Gasteiger partial charge in [0.2, 0.25) is 5.12 Å². The molecule has 0 aliphatic carbocycles. The lowest BCUT2D eigenvalue weighted by Crippen LogP contribution is -2.44. The van der Waals surface area contributed by atoms with E-state index in [1.807, 2.05) is 25.9 Å². The summed E-state index contributed by atoms with van der Waals surface area (Å²) in [5.41, 5.74) is 0. The van der Waals surface area contributed by atoms with Gasteiger partial charge in [0, 0.05) is 36.5 Å². The summed E-state index contributed by atoms with van der Waals surface area (Å²) in [5.74, 6) is 0.610. The average molecular weight is 482 g/mol. The minimum atomic E-state index is -0.986. The van der Waals surface area contributed by atoms with Gasteiger partial charge in [-0.05, 0) is 76.4 Å². The fraction of sp³-hybridized carbons (Fsp3) is 0.955. The maximum absolute atomic E-state index is 11.8. The largest absolute Gasteiger partial charge is 0.351 e. The van der Waals surface area contributed by atoms with Crippen LogP contribution in [-0.4, -0.2) is 96.0 Å². The van der Waals surface area contributed by atoms with Crippen LogP contribution in [-0.2, 0) is 18.8 Å². The number of hydrogen-bond donors (Lipinski definition) is 0. The molecule has 0 aromatic heterocycles. The Balaban J connectivity index is 5.10. The molecule has 0 saturated heterocycles. The third-order valence-corrected chi connectivity index (χ3v) is 8.13. The lowest BCUT2D eigenvalue weighted by atomic mass is 10.3. The normalized spacial score (nSPS) is 13.9. The second-order valence-electron chi connectivity index (χ2n) is 8.90. The molecule has 0 rings (SSSR count). The molecule has 0 radical (unpaired) electrons. The zero-order valence-electron chi connectivity index (χ0n) is 21.8. The van der Waals surface area contributed by atoms with Gasteiger partial charge in [-0.3, -0.25) is 4.79 Å². The number of likely N-dealkylation sites (N-methyl/N-ethyl adjacent to an activating group) is 1. The molecule has 7 nitrogen and oxygen atoms in total. The average Bonchev–Trinajstić information content (AvgIpc) is 2.60. The zero-order chi connectivity index (χ0) is 24.1. The van der Waals surface area contributed by atoms with Gasteiger partial charge < -0.3 is 18.9 Å². The molecule has 9 heteroatoms. The predicted octanol–water partition coefficient (Wildman–Crippen LogP) is 4.67. The van der Waals surface area contributed by atoms with Gasteiger partial charge >= 0.3 is 0 Å². The molecule has 0 aliphatic heterocycles. The molecule has 0 amide bonds. The number of carbonyl (C=O) groups excluding carboxylic acids is 1. The van der Waals surface area contributed by atoms with Gasteiger partial charge in [-0.25, -0.2) is 9.34 Å². The Morgan fingerprint density at radius 3 is 1.74 bits per heavy atom. The molecule has 0 spiro atoms. The maximum Gasteiger partial charge on any atom is 0.202 e. The van der Waals surface area contributed by atoms with Crippen LogP contribution in [0.15, 0.2) is 0 Å². The first-order chi connectivity index (χ1) is 14.4. The van der Waals surface area contributed by atoms with Crippen molar-refractivity contribution < 1.29 is 18.8 Å². The summed E-state index contributed by atoms with van der Waals surface area (Å²) in [7, 11) is 2.80. The molecule has 0 aromatic carbocycles. The van der Waals surface area contributed by atoms with Gasteiger partial charge in [-0.15, -0.1) is 0 Å². The Morgan fingerprint density at radius 1 is 0.871 bits per heavy atom. The van der Waals surface area contributed by atoms with E-state index in [4.69, 9.17) is 14.0 Å². The van der Waals surface area contributed by atoms with Gasteiger partial charge in [0.15, 0.2) is 14.7 Å². The minimum Gasteiger partial charge on any atom is -0.351 e. The molecule has 1 atom stereocenters. The van der Waals surface area contributed by atoms with Gasteiger partial charge in [0.25, 0.3) is 0 Å². The van der Waals surface area contributed by atoms with E-state index in [0.29, 0.717) is 56.3 Å². The van der Waals surface area contributed by atoms with Crippen molar-refractivity contribution in [3.63, 3.8) is 0 Å². The Labute approximate surface area is 197 Å². The number of thioether (sulfide) groups is 1. The molecule has 0 heterocycles. The SMILES string of the molecule is CCOC(COP(N(C(C)C)C(C)C)N(C(C)C)C(C)C)OCCSC(=O)CN(C)C. The molecule has 0 bridgehead atoms. The summed E-state index contributed by atoms with van der Waals surface area (Å²) in [6, 6.07) is 1.43. The molecule has 186 valence electrons. The third-order valence-electron chi connectivity index (χ3n) is 4.29. The number of rotatable bonds is 17. The second-order valence-corrected chi connectivity index (χ2v) is 11.7. The van der Waals surface area contributed by atoms with E-state index in [0.717, 1.165) is 0 Å². The van der Waals surface area contributed by atoms with E-state index in [1.54, 1.807) is 0 Å². The molecule has 31 heavy (non-hydrogen) atoms. The molecular formula is C22H48N3O4PS. The van der Waals surface area contributed by atoms with Crippen LogP contribution in [0, 0.1) is 0 Å². The van der Waals surface area contributed by atoms with Crippen molar-refractivity contribution in [2.75, 3.05) is 46.2 Å². The Kier molecular flexibility index (Phi) is 16.9. The summed E-state index contributed by atoms with van der Waals surface area (Å²) in [5, 5.41) is 0.148. The molecule has 0 fully saturated rings. The van der Waals surface area contributed by atoms with Gasteiger partial charge in [-0.1, -0.05) is 11.8 Å². The lowest BCUT2D eigenvalue weighted by Gasteiger charge is -2.45. The highest BCUT2D eigenvalue weighted by molar-refractivity contribution is 8.13. The first kappa shape index (κ1) is 31.2. The van der Waals surface area contributed by atoms with Crippen LogP contribution in [0.3, 0.4) is 0 Å². The van der Waals surface area contributed by atoms with Crippen LogP contribution in [0.5, 0.6) is 0 Å². The summed E-state index contributed by atoms with van der Waals surface area (Å²) in [4.78, 5) is 13.7. The van der Waals surface area contributed by atoms with E-state index >= 15 is 0 Å². The van der Waals surface area contributed by atoms with Crippen molar-refractivity contribution >= 4 is 25.3 Å². The zero-order valence-corrected chi connectivity index (χ0v) is 23.5. The number of ether oxygens (including phenoxy) is 2. The van der Waals surface area contributed by atoms with Gasteiger partial charge in [-0.2, -0.15) is 0 Å². The quantitative estimate of drug-likeness (QED) is 0.169. The molecule has 0 N–H and O–H groups in total. The van der Waals surface area contributed by atoms with E-state index in [2.05, 4.69) is 64.7 Å². The molecule has 0 saturated carbocycles. The van der Waals surface area contributed by atoms with Crippen molar-refractivity contribution in [3.05, 3.63) is 0 Å². The topological polar surface area (TPSA) is 54.5 Å². The van der Waals surface area contributed by atoms with Crippen LogP contribution in [0.1, 0.15) is 62.3 Å². The van der Waals surface area contributed by atoms with E-state index < -0.39 is 14.7 Å². The van der Waals surface area contributed by atoms with Crippen LogP contribution in [0.2, 0.25) is 0 Å². The van der Waals surface area contributed by atoms with Crippen molar-refractivity contribution in [1.29, 1.82) is 0 Å². The highest BCUT2D eigenvalue weighted by Crippen LogP contribution is 2.50. The summed E-state index contributed by atoms with van der Waals surface area (Å²) >= 11 is 1.30. The summed E-state index contributed by atoms with van der Waals surface area (Å²) < 4.78 is 23.2. The highest BCUT2D eigenvalue weighted by Gasteiger charge is 2.35. The minimum absolute atomic E-state index is 0.148. The van der Waals surface area contributed by atoms with E-state index in [-0.39, 0.29) is 5.12 Å². The summed E-state index contributed by atoms with van der Waals surface area (Å²) in [6.45, 7) is 21.5. The molecule has 1 unspecified atom stereocenters. The van der Waals surface area contributed by atoms with Gasteiger partial charge in [0.1, 0.15) is 6.61 Å². The fourth-order valence-corrected chi connectivity index (χ4v) is 6.43. The third kappa shape index (κ3) is 12.9. The smallest absolute Gasteiger partial charge is 0.202 e. The van der Waals surface area contributed by atoms with E-state index in [9.17, 15) is 4.79 Å². The molecule has 0 aliphatic rings. The fourth-order valence-electron chi connectivity index (χ4n) is 3.33. The second kappa shape index (κ2) is 16.8. The molecule has 0 aromatic rings. The monoisotopic (exact) mass is 481 g/mol. The van der Waals surface area contributed by atoms with Gasteiger partial charge in [0.05, 0.1) is 13.2 Å². The van der Waals surface area contributed by atoms with Crippen LogP contribution >= 0.6 is 20.2 Å². The Morgan fingerprint density at radius 2 is 1.35 bits per heavy atom. The first-order valence-corrected chi connectivity index (χ1v) is 13.6. The number of carbonyl (C=O) groups is 1. The first-order valence-electron chi connectivity index (χ1n) is 11.4. The summed E-state index contributed by atoms with van der Waals surface area (Å²) in [6.07, 6.45) is -0.443. The predicted molar refractivity (Wildman–Crippen MR) is 134 cm³/mol.